The minimum Gasteiger partial charge on any atom is -0.497 e. The van der Waals surface area contributed by atoms with Crippen molar-refractivity contribution in [3.05, 3.63) is 59.5 Å². The number of rotatable bonds is 4. The first-order valence-electron chi connectivity index (χ1n) is 6.45. The van der Waals surface area contributed by atoms with Crippen LogP contribution in [0.15, 0.2) is 42.6 Å². The van der Waals surface area contributed by atoms with Gasteiger partial charge in [0.25, 0.3) is 0 Å². The van der Waals surface area contributed by atoms with Gasteiger partial charge in [0.1, 0.15) is 11.6 Å². The Kier molecular flexibility index (Phi) is 3.35. The molecular weight excluding hydrogens is 252 g/mol. The number of fused-ring (bicyclic) bond motifs is 1. The minimum absolute atomic E-state index is 0.509. The molecule has 0 radical (unpaired) electrons. The maximum atomic E-state index is 5.63. The lowest BCUT2D eigenvalue weighted by molar-refractivity contribution is 0.414. The van der Waals surface area contributed by atoms with E-state index in [-0.39, 0.29) is 0 Å². The highest BCUT2D eigenvalue weighted by Crippen LogP contribution is 2.16. The predicted octanol–water partition coefficient (Wildman–Crippen LogP) is 1.79. The number of hydrogen-bond donors (Lipinski definition) is 1. The fourth-order valence-corrected chi connectivity index (χ4v) is 2.20. The number of nitrogens with two attached hydrogens (primary N) is 1. The third-order valence-electron chi connectivity index (χ3n) is 3.28. The quantitative estimate of drug-likeness (QED) is 0.783. The van der Waals surface area contributed by atoms with Crippen LogP contribution in [0.1, 0.15) is 17.0 Å². The summed E-state index contributed by atoms with van der Waals surface area (Å²) >= 11 is 0. The van der Waals surface area contributed by atoms with E-state index in [1.54, 1.807) is 7.11 Å². The lowest BCUT2D eigenvalue weighted by Gasteiger charge is -2.04. The van der Waals surface area contributed by atoms with Crippen LogP contribution in [0.3, 0.4) is 0 Å². The third-order valence-corrected chi connectivity index (χ3v) is 3.28. The van der Waals surface area contributed by atoms with E-state index in [1.165, 1.54) is 0 Å². The van der Waals surface area contributed by atoms with Crippen LogP contribution in [0.5, 0.6) is 5.75 Å². The topological polar surface area (TPSA) is 65.4 Å². The molecule has 2 heterocycles. The highest BCUT2D eigenvalue weighted by Gasteiger charge is 2.07. The molecule has 3 aromatic rings. The normalized spacial score (nSPS) is 10.9. The zero-order valence-electron chi connectivity index (χ0n) is 11.3. The van der Waals surface area contributed by atoms with Crippen LogP contribution >= 0.6 is 0 Å². The van der Waals surface area contributed by atoms with E-state index in [0.717, 1.165) is 28.3 Å². The summed E-state index contributed by atoms with van der Waals surface area (Å²) < 4.78 is 7.22. The number of benzene rings is 1. The summed E-state index contributed by atoms with van der Waals surface area (Å²) in [7, 11) is 1.67. The molecule has 0 unspecified atom stereocenters. The second-order valence-corrected chi connectivity index (χ2v) is 4.61. The fraction of sp³-hybridized carbons (Fsp3) is 0.200. The van der Waals surface area contributed by atoms with Crippen LogP contribution in [0.4, 0.5) is 0 Å². The maximum Gasteiger partial charge on any atom is 0.161 e. The first kappa shape index (κ1) is 12.6. The maximum absolute atomic E-state index is 5.63. The highest BCUT2D eigenvalue weighted by molar-refractivity contribution is 5.42. The van der Waals surface area contributed by atoms with Crippen molar-refractivity contribution in [1.82, 2.24) is 14.6 Å². The lowest BCUT2D eigenvalue weighted by atomic mass is 10.1. The van der Waals surface area contributed by atoms with Gasteiger partial charge in [0.05, 0.1) is 7.11 Å². The second-order valence-electron chi connectivity index (χ2n) is 4.61. The molecule has 0 bridgehead atoms. The van der Waals surface area contributed by atoms with Crippen LogP contribution < -0.4 is 10.5 Å². The molecule has 5 nitrogen and oxygen atoms in total. The first-order chi connectivity index (χ1) is 9.80. The van der Waals surface area contributed by atoms with Crippen molar-refractivity contribution < 1.29 is 4.74 Å². The van der Waals surface area contributed by atoms with E-state index in [4.69, 9.17) is 10.5 Å². The van der Waals surface area contributed by atoms with Crippen molar-refractivity contribution in [2.45, 2.75) is 13.0 Å². The Morgan fingerprint density at radius 2 is 2.05 bits per heavy atom. The number of methoxy groups -OCH3 is 1. The number of nitrogens with zero attached hydrogens (tertiary/aromatic N) is 3. The SMILES string of the molecule is COc1cccc(Cc2nnc3cc(CN)ccn23)c1. The van der Waals surface area contributed by atoms with Crippen LogP contribution in [0.25, 0.3) is 5.65 Å². The van der Waals surface area contributed by atoms with Crippen molar-refractivity contribution in [2.75, 3.05) is 7.11 Å². The summed E-state index contributed by atoms with van der Waals surface area (Å²) in [6, 6.07) is 11.9. The summed E-state index contributed by atoms with van der Waals surface area (Å²) in [5.74, 6) is 1.75. The van der Waals surface area contributed by atoms with E-state index >= 15 is 0 Å². The zero-order valence-corrected chi connectivity index (χ0v) is 11.3. The van der Waals surface area contributed by atoms with Gasteiger partial charge >= 0.3 is 0 Å². The van der Waals surface area contributed by atoms with Gasteiger partial charge < -0.3 is 10.5 Å². The van der Waals surface area contributed by atoms with Crippen molar-refractivity contribution in [1.29, 1.82) is 0 Å². The van der Waals surface area contributed by atoms with E-state index in [0.29, 0.717) is 13.0 Å². The fourth-order valence-electron chi connectivity index (χ4n) is 2.20. The third kappa shape index (κ3) is 2.35. The molecule has 0 saturated carbocycles. The average molecular weight is 268 g/mol. The van der Waals surface area contributed by atoms with E-state index < -0.39 is 0 Å². The first-order valence-corrected chi connectivity index (χ1v) is 6.45. The van der Waals surface area contributed by atoms with Gasteiger partial charge in [-0.05, 0) is 35.4 Å². The molecule has 0 aliphatic rings. The van der Waals surface area contributed by atoms with Gasteiger partial charge in [-0.1, -0.05) is 12.1 Å². The summed E-state index contributed by atoms with van der Waals surface area (Å²) in [6.45, 7) is 0.509. The van der Waals surface area contributed by atoms with Crippen molar-refractivity contribution in [2.24, 2.45) is 5.73 Å². The summed E-state index contributed by atoms with van der Waals surface area (Å²) in [6.07, 6.45) is 2.67. The van der Waals surface area contributed by atoms with Gasteiger partial charge in [-0.2, -0.15) is 0 Å². The number of aromatic nitrogens is 3. The van der Waals surface area contributed by atoms with Gasteiger partial charge in [0.2, 0.25) is 0 Å². The Morgan fingerprint density at radius 1 is 1.15 bits per heavy atom. The summed E-state index contributed by atoms with van der Waals surface area (Å²) in [4.78, 5) is 0. The molecule has 1 aromatic carbocycles. The standard InChI is InChI=1S/C15H16N4O/c1-20-13-4-2-3-11(7-13)8-14-17-18-15-9-12(10-16)5-6-19(14)15/h2-7,9H,8,10,16H2,1H3. The van der Waals surface area contributed by atoms with Crippen molar-refractivity contribution in [3.63, 3.8) is 0 Å². The number of hydrogen-bond acceptors (Lipinski definition) is 4. The van der Waals surface area contributed by atoms with E-state index in [9.17, 15) is 0 Å². The van der Waals surface area contributed by atoms with Crippen LogP contribution in [0, 0.1) is 0 Å². The molecule has 0 aliphatic heterocycles. The van der Waals surface area contributed by atoms with Gasteiger partial charge in [-0.15, -0.1) is 10.2 Å². The molecule has 2 aromatic heterocycles. The van der Waals surface area contributed by atoms with E-state index in [2.05, 4.69) is 16.3 Å². The van der Waals surface area contributed by atoms with Crippen molar-refractivity contribution >= 4 is 5.65 Å². The van der Waals surface area contributed by atoms with Gasteiger partial charge in [0, 0.05) is 19.2 Å². The predicted molar refractivity (Wildman–Crippen MR) is 76.7 cm³/mol. The molecule has 3 rings (SSSR count). The van der Waals surface area contributed by atoms with Crippen molar-refractivity contribution in [3.8, 4) is 5.75 Å². The summed E-state index contributed by atoms with van der Waals surface area (Å²) in [5, 5.41) is 8.45. The van der Waals surface area contributed by atoms with Crippen LogP contribution in [-0.2, 0) is 13.0 Å². The Balaban J connectivity index is 1.94. The Labute approximate surface area is 117 Å². The molecule has 20 heavy (non-hydrogen) atoms. The molecular formula is C15H16N4O. The molecule has 0 aliphatic carbocycles. The highest BCUT2D eigenvalue weighted by atomic mass is 16.5. The Morgan fingerprint density at radius 3 is 2.85 bits per heavy atom. The van der Waals surface area contributed by atoms with Gasteiger partial charge in [-0.3, -0.25) is 4.40 Å². The Hall–Kier alpha value is -2.40. The van der Waals surface area contributed by atoms with E-state index in [1.807, 2.05) is 40.9 Å². The number of pyridine rings is 1. The lowest BCUT2D eigenvalue weighted by Crippen LogP contribution is -2.00. The second kappa shape index (κ2) is 5.30. The molecule has 0 fully saturated rings. The van der Waals surface area contributed by atoms with Gasteiger partial charge in [0.15, 0.2) is 5.65 Å². The Bertz CT molecular complexity index is 736. The van der Waals surface area contributed by atoms with Gasteiger partial charge in [-0.25, -0.2) is 0 Å². The largest absolute Gasteiger partial charge is 0.497 e. The molecule has 2 N–H and O–H groups in total. The summed E-state index contributed by atoms with van der Waals surface area (Å²) in [5.41, 5.74) is 8.65. The molecule has 102 valence electrons. The monoisotopic (exact) mass is 268 g/mol. The number of ether oxygens (including phenoxy) is 1. The smallest absolute Gasteiger partial charge is 0.161 e. The van der Waals surface area contributed by atoms with Crippen LogP contribution in [0.2, 0.25) is 0 Å². The molecule has 0 saturated heterocycles. The molecule has 0 atom stereocenters. The zero-order chi connectivity index (χ0) is 13.9. The van der Waals surface area contributed by atoms with Crippen LogP contribution in [-0.4, -0.2) is 21.7 Å². The molecule has 0 amide bonds. The average Bonchev–Trinajstić information content (AvgIpc) is 2.89. The minimum atomic E-state index is 0.509. The molecule has 5 heteroatoms. The molecule has 0 spiro atoms.